The zero-order chi connectivity index (χ0) is 35.3. The summed E-state index contributed by atoms with van der Waals surface area (Å²) in [6.45, 7) is 7.94. The molecule has 48 heavy (non-hydrogen) atoms. The van der Waals surface area contributed by atoms with Crippen LogP contribution in [0.15, 0.2) is 24.0 Å². The number of ether oxygens (including phenoxy) is 6. The monoisotopic (exact) mass is 674 g/mol. The van der Waals surface area contributed by atoms with E-state index in [-0.39, 0.29) is 18.2 Å². The predicted octanol–water partition coefficient (Wildman–Crippen LogP) is 1.75. The topological polar surface area (TPSA) is 196 Å². The van der Waals surface area contributed by atoms with Crippen molar-refractivity contribution >= 4 is 30.0 Å². The smallest absolute Gasteiger partial charge is 0.493 e. The van der Waals surface area contributed by atoms with Crippen LogP contribution in [0.4, 0.5) is 4.79 Å². The molecule has 1 aromatic rings. The zero-order valence-corrected chi connectivity index (χ0v) is 28.0. The Balaban J connectivity index is 1.24. The Kier molecular flexibility index (Phi) is 9.16. The molecule has 2 aliphatic carbocycles. The second-order valence-corrected chi connectivity index (χ2v) is 13.7. The van der Waals surface area contributed by atoms with Crippen LogP contribution in [-0.4, -0.2) is 107 Å². The lowest BCUT2D eigenvalue weighted by atomic mass is 9.50. The van der Waals surface area contributed by atoms with Crippen molar-refractivity contribution in [3.8, 4) is 11.5 Å². The first-order valence-corrected chi connectivity index (χ1v) is 15.8. The van der Waals surface area contributed by atoms with Crippen LogP contribution in [0.2, 0.25) is 0 Å². The molecule has 1 fully saturated rings. The maximum Gasteiger partial charge on any atom is 0.509 e. The van der Waals surface area contributed by atoms with Crippen molar-refractivity contribution in [1.29, 1.82) is 0 Å². The number of nitrogens with zero attached hydrogens (tertiary/aromatic N) is 1. The molecule has 1 saturated heterocycles. The molecule has 15 nitrogen and oxygen atoms in total. The summed E-state index contributed by atoms with van der Waals surface area (Å²) in [5.41, 5.74) is -1.13. The van der Waals surface area contributed by atoms with Crippen molar-refractivity contribution < 1.29 is 62.6 Å². The van der Waals surface area contributed by atoms with Crippen LogP contribution in [0.5, 0.6) is 11.5 Å². The highest BCUT2D eigenvalue weighted by Crippen LogP contribution is 2.65. The van der Waals surface area contributed by atoms with Gasteiger partial charge in [-0.25, -0.2) is 14.4 Å². The van der Waals surface area contributed by atoms with Gasteiger partial charge in [-0.2, -0.15) is 0 Å². The van der Waals surface area contributed by atoms with Crippen LogP contribution >= 0.6 is 0 Å². The summed E-state index contributed by atoms with van der Waals surface area (Å²) >= 11 is 0. The summed E-state index contributed by atoms with van der Waals surface area (Å²) < 4.78 is 32.9. The van der Waals surface area contributed by atoms with Gasteiger partial charge in [0.2, 0.25) is 0 Å². The number of benzene rings is 1. The second kappa shape index (κ2) is 12.6. The number of likely N-dealkylation sites (N-methyl/N-ethyl adjacent to an activating group) is 1. The fourth-order valence-electron chi connectivity index (χ4n) is 7.21. The third-order valence-corrected chi connectivity index (χ3v) is 9.43. The predicted molar refractivity (Wildman–Crippen MR) is 164 cm³/mol. The van der Waals surface area contributed by atoms with E-state index in [4.69, 9.17) is 28.4 Å². The van der Waals surface area contributed by atoms with E-state index in [1.807, 2.05) is 19.2 Å². The van der Waals surface area contributed by atoms with Crippen LogP contribution < -0.4 is 14.8 Å². The Morgan fingerprint density at radius 3 is 2.48 bits per heavy atom. The summed E-state index contributed by atoms with van der Waals surface area (Å²) in [7, 11) is 3.50. The van der Waals surface area contributed by atoms with Gasteiger partial charge in [-0.1, -0.05) is 6.07 Å². The molecule has 5 rings (SSSR count). The Morgan fingerprint density at radius 1 is 1.12 bits per heavy atom. The quantitative estimate of drug-likeness (QED) is 0.240. The van der Waals surface area contributed by atoms with E-state index in [0.717, 1.165) is 11.1 Å². The van der Waals surface area contributed by atoms with Crippen molar-refractivity contribution in [3.63, 3.8) is 0 Å². The Hall–Kier alpha value is -4.37. The summed E-state index contributed by atoms with van der Waals surface area (Å²) in [4.78, 5) is 64.3. The number of carbonyl (C=O) groups excluding carboxylic acids is 4. The molecule has 0 radical (unpaired) electrons. The van der Waals surface area contributed by atoms with Crippen LogP contribution in [0.1, 0.15) is 65.0 Å². The average molecular weight is 675 g/mol. The first-order chi connectivity index (χ1) is 22.4. The number of carboxylic acid groups (broad SMARTS) is 1. The van der Waals surface area contributed by atoms with Crippen LogP contribution in [0.25, 0.3) is 0 Å². The van der Waals surface area contributed by atoms with Crippen LogP contribution in [0.3, 0.4) is 0 Å². The van der Waals surface area contributed by atoms with Crippen molar-refractivity contribution in [2.75, 3.05) is 20.7 Å². The number of methoxy groups -OCH3 is 1. The van der Waals surface area contributed by atoms with E-state index < -0.39 is 77.4 Å². The van der Waals surface area contributed by atoms with Gasteiger partial charge in [-0.3, -0.25) is 9.59 Å². The molecule has 0 aromatic heterocycles. The third-order valence-electron chi connectivity index (χ3n) is 9.43. The highest BCUT2D eigenvalue weighted by molar-refractivity contribution is 5.90. The van der Waals surface area contributed by atoms with Gasteiger partial charge in [0.15, 0.2) is 29.8 Å². The number of esters is 2. The molecular weight excluding hydrogens is 632 g/mol. The molecule has 2 aliphatic heterocycles. The van der Waals surface area contributed by atoms with Crippen molar-refractivity contribution in [1.82, 2.24) is 10.2 Å². The molecule has 1 amide bonds. The number of aliphatic hydroxyl groups is 1. The van der Waals surface area contributed by atoms with Crippen molar-refractivity contribution in [2.45, 2.75) is 107 Å². The number of nitrogens with one attached hydrogen (secondary N) is 1. The molecule has 3 unspecified atom stereocenters. The van der Waals surface area contributed by atoms with Crippen LogP contribution in [0, 0.1) is 0 Å². The number of amides is 1. The maximum absolute atomic E-state index is 13.2. The van der Waals surface area contributed by atoms with Crippen molar-refractivity contribution in [3.05, 3.63) is 35.1 Å². The lowest BCUT2D eigenvalue weighted by Gasteiger charge is -2.61. The summed E-state index contributed by atoms with van der Waals surface area (Å²) in [6, 6.07) is 1.84. The van der Waals surface area contributed by atoms with Gasteiger partial charge in [0.25, 0.3) is 5.91 Å². The molecule has 2 heterocycles. The van der Waals surface area contributed by atoms with Gasteiger partial charge in [0.05, 0.1) is 24.5 Å². The Labute approximate surface area is 277 Å². The van der Waals surface area contributed by atoms with E-state index >= 15 is 0 Å². The molecule has 3 N–H and O–H groups in total. The SMILES string of the molecule is COc1ccc2c3c1O[C@H]1C(OC(=O)C(C)OC(=O)CC(NC(=O)C(C)OC(=O)OC(C)(C)C)C(=O)O)=CC[C@@]4(O)[C@@H](C2)N(C)CC[C@]314. The number of hydrogen-bond acceptors (Lipinski definition) is 13. The minimum Gasteiger partial charge on any atom is -0.493 e. The third kappa shape index (κ3) is 6.04. The number of hydrogen-bond donors (Lipinski definition) is 3. The standard InChI is InChI=1S/C33H42N2O13/c1-16(45-30(41)48-31(3,4)5)27(37)34-19(28(38)39)15-23(36)44-17(2)29(40)46-21-10-11-33(42)22-14-18-8-9-20(43-7)25-24(18)32(33,26(21)47-25)12-13-35(22)6/h8-10,16-17,19,22,26,42H,11-15H2,1-7H3,(H,34,37)(H,38,39)/t16?,17?,19?,22-,26+,32+,33-/m1/s1. The van der Waals surface area contributed by atoms with Gasteiger partial charge in [0.1, 0.15) is 17.4 Å². The highest BCUT2D eigenvalue weighted by atomic mass is 16.7. The van der Waals surface area contributed by atoms with E-state index in [1.54, 1.807) is 26.8 Å². The largest absolute Gasteiger partial charge is 0.509 e. The Morgan fingerprint density at radius 2 is 1.83 bits per heavy atom. The normalized spacial score (nSPS) is 27.1. The minimum atomic E-state index is -1.76. The summed E-state index contributed by atoms with van der Waals surface area (Å²) in [5.74, 6) is -3.45. The van der Waals surface area contributed by atoms with Gasteiger partial charge < -0.3 is 48.9 Å². The van der Waals surface area contributed by atoms with Gasteiger partial charge >= 0.3 is 24.1 Å². The maximum atomic E-state index is 13.2. The summed E-state index contributed by atoms with van der Waals surface area (Å²) in [5, 5.41) is 24.0. The number of carbonyl (C=O) groups is 5. The number of piperidine rings is 1. The molecule has 15 heteroatoms. The molecule has 1 spiro atoms. The van der Waals surface area contributed by atoms with Gasteiger partial charge in [0, 0.05) is 18.0 Å². The minimum absolute atomic E-state index is 0.164. The molecule has 4 aliphatic rings. The molecule has 2 bridgehead atoms. The molecular formula is C33H42N2O13. The highest BCUT2D eigenvalue weighted by Gasteiger charge is 2.72. The van der Waals surface area contributed by atoms with E-state index in [2.05, 4.69) is 10.2 Å². The van der Waals surface area contributed by atoms with Crippen LogP contribution in [-0.2, 0) is 50.0 Å². The zero-order valence-electron chi connectivity index (χ0n) is 28.0. The Bertz CT molecular complexity index is 1550. The first kappa shape index (κ1) is 35.0. The average Bonchev–Trinajstić information content (AvgIpc) is 3.34. The van der Waals surface area contributed by atoms with Gasteiger partial charge in [-0.15, -0.1) is 0 Å². The lowest BCUT2D eigenvalue weighted by molar-refractivity contribution is -0.175. The number of carboxylic acids is 1. The molecule has 1 aromatic carbocycles. The van der Waals surface area contributed by atoms with E-state index in [1.165, 1.54) is 21.0 Å². The first-order valence-electron chi connectivity index (χ1n) is 15.8. The fraction of sp³-hybridized carbons (Fsp3) is 0.606. The number of likely N-dealkylation sites (tertiary alicyclic amines) is 1. The van der Waals surface area contributed by atoms with E-state index in [9.17, 15) is 34.2 Å². The van der Waals surface area contributed by atoms with E-state index in [0.29, 0.717) is 30.9 Å². The summed E-state index contributed by atoms with van der Waals surface area (Å²) in [6.07, 6.45) is -2.79. The fourth-order valence-corrected chi connectivity index (χ4v) is 7.21. The molecule has 7 atom stereocenters. The molecule has 0 saturated carbocycles. The van der Waals surface area contributed by atoms with Gasteiger partial charge in [-0.05, 0) is 78.8 Å². The lowest BCUT2D eigenvalue weighted by Crippen LogP contribution is -2.74. The second-order valence-electron chi connectivity index (χ2n) is 13.7. The number of rotatable bonds is 10. The van der Waals surface area contributed by atoms with Crippen molar-refractivity contribution in [2.24, 2.45) is 0 Å². The number of aliphatic carboxylic acids is 1. The molecule has 262 valence electrons.